The highest BCUT2D eigenvalue weighted by molar-refractivity contribution is 5.90. The molecule has 0 aliphatic rings. The fourth-order valence-corrected chi connectivity index (χ4v) is 2.71. The highest BCUT2D eigenvalue weighted by Gasteiger charge is 2.09. The lowest BCUT2D eigenvalue weighted by Crippen LogP contribution is -1.92. The van der Waals surface area contributed by atoms with Crippen LogP contribution in [0.1, 0.15) is 5.76 Å². The van der Waals surface area contributed by atoms with E-state index < -0.39 is 4.92 Å². The average molecular weight is 358 g/mol. The number of nitrogens with one attached hydrogen (secondary N) is 1. The second-order valence-electron chi connectivity index (χ2n) is 5.76. The van der Waals surface area contributed by atoms with Crippen molar-refractivity contribution in [3.05, 3.63) is 88.8 Å². The molecule has 0 amide bonds. The monoisotopic (exact) mass is 358 g/mol. The number of benzene rings is 2. The summed E-state index contributed by atoms with van der Waals surface area (Å²) in [6, 6.07) is 19.5. The summed E-state index contributed by atoms with van der Waals surface area (Å²) in [5, 5.41) is 16.1. The number of nitrogens with zero attached hydrogens (tertiary/aromatic N) is 3. The largest absolute Gasteiger partial charge is 0.455 e. The van der Waals surface area contributed by atoms with Crippen molar-refractivity contribution in [2.24, 2.45) is 5.10 Å². The summed E-state index contributed by atoms with van der Waals surface area (Å²) in [6.45, 7) is 0. The van der Waals surface area contributed by atoms with Gasteiger partial charge in [-0.15, -0.1) is 0 Å². The molecule has 0 unspecified atom stereocenters. The van der Waals surface area contributed by atoms with Crippen molar-refractivity contribution in [1.82, 2.24) is 4.98 Å². The van der Waals surface area contributed by atoms with E-state index in [0.717, 1.165) is 16.6 Å². The predicted octanol–water partition coefficient (Wildman–Crippen LogP) is 4.85. The molecular formula is C20H14N4O3. The van der Waals surface area contributed by atoms with Gasteiger partial charge in [0.05, 0.1) is 22.3 Å². The summed E-state index contributed by atoms with van der Waals surface area (Å²) in [6.07, 6.45) is 3.28. The molecule has 0 saturated carbocycles. The Hall–Kier alpha value is -4.00. The summed E-state index contributed by atoms with van der Waals surface area (Å²) in [4.78, 5) is 14.8. The normalized spacial score (nSPS) is 11.1. The number of hydrogen-bond acceptors (Lipinski definition) is 6. The number of hydrogen-bond donors (Lipinski definition) is 1. The maximum Gasteiger partial charge on any atom is 0.270 e. The molecule has 0 aliphatic carbocycles. The van der Waals surface area contributed by atoms with Crippen molar-refractivity contribution in [2.45, 2.75) is 0 Å². The topological polar surface area (TPSA) is 93.6 Å². The molecule has 0 fully saturated rings. The fraction of sp³-hybridized carbons (Fsp3) is 0. The van der Waals surface area contributed by atoms with Gasteiger partial charge in [-0.25, -0.2) is 0 Å². The average Bonchev–Trinajstić information content (AvgIpc) is 3.17. The molecule has 4 aromatic rings. The summed E-state index contributed by atoms with van der Waals surface area (Å²) in [5.74, 6) is 1.06. The van der Waals surface area contributed by atoms with Gasteiger partial charge in [-0.3, -0.25) is 20.5 Å². The van der Waals surface area contributed by atoms with Crippen molar-refractivity contribution in [3.8, 4) is 11.3 Å². The third-order valence-electron chi connectivity index (χ3n) is 3.98. The number of pyridine rings is 1. The molecule has 0 spiro atoms. The Bertz CT molecular complexity index is 1150. The van der Waals surface area contributed by atoms with E-state index in [1.165, 1.54) is 12.1 Å². The fourth-order valence-electron chi connectivity index (χ4n) is 2.71. The van der Waals surface area contributed by atoms with Gasteiger partial charge < -0.3 is 4.42 Å². The van der Waals surface area contributed by atoms with Crippen molar-refractivity contribution < 1.29 is 9.34 Å². The molecule has 7 heteroatoms. The molecular weight excluding hydrogens is 344 g/mol. The van der Waals surface area contributed by atoms with Crippen LogP contribution in [0.25, 0.3) is 22.2 Å². The minimum absolute atomic E-state index is 0.0178. The van der Waals surface area contributed by atoms with Gasteiger partial charge in [0.2, 0.25) is 0 Å². The summed E-state index contributed by atoms with van der Waals surface area (Å²) < 4.78 is 5.70. The van der Waals surface area contributed by atoms with E-state index in [1.807, 2.05) is 30.3 Å². The van der Waals surface area contributed by atoms with E-state index in [2.05, 4.69) is 15.5 Å². The van der Waals surface area contributed by atoms with Crippen LogP contribution in [-0.4, -0.2) is 16.1 Å². The van der Waals surface area contributed by atoms with Crippen molar-refractivity contribution >= 4 is 28.5 Å². The molecule has 0 radical (unpaired) electrons. The molecule has 0 aliphatic heterocycles. The van der Waals surface area contributed by atoms with Crippen molar-refractivity contribution in [3.63, 3.8) is 0 Å². The number of hydrazone groups is 1. The summed E-state index contributed by atoms with van der Waals surface area (Å²) >= 11 is 0. The van der Waals surface area contributed by atoms with E-state index in [4.69, 9.17) is 4.42 Å². The third-order valence-corrected chi connectivity index (χ3v) is 3.98. The smallest absolute Gasteiger partial charge is 0.270 e. The van der Waals surface area contributed by atoms with E-state index in [1.54, 1.807) is 36.7 Å². The van der Waals surface area contributed by atoms with Crippen LogP contribution in [0.3, 0.4) is 0 Å². The Labute approximate surface area is 154 Å². The number of nitro benzene ring substituents is 1. The van der Waals surface area contributed by atoms with Crippen molar-refractivity contribution in [1.29, 1.82) is 0 Å². The summed E-state index contributed by atoms with van der Waals surface area (Å²) in [5.41, 5.74) is 5.23. The zero-order chi connectivity index (χ0) is 18.6. The number of nitro groups is 1. The molecule has 4 rings (SSSR count). The van der Waals surface area contributed by atoms with E-state index in [0.29, 0.717) is 17.1 Å². The van der Waals surface area contributed by atoms with Crippen LogP contribution < -0.4 is 5.43 Å². The number of anilines is 1. The van der Waals surface area contributed by atoms with Crippen LogP contribution in [0.2, 0.25) is 0 Å². The lowest BCUT2D eigenvalue weighted by atomic mass is 10.1. The van der Waals surface area contributed by atoms with Gasteiger partial charge in [-0.05, 0) is 24.3 Å². The Kier molecular flexibility index (Phi) is 4.32. The highest BCUT2D eigenvalue weighted by Crippen LogP contribution is 2.25. The van der Waals surface area contributed by atoms with Crippen molar-refractivity contribution in [2.75, 3.05) is 5.43 Å². The SMILES string of the molecule is O=[N+]([O-])c1cccc(-c2ccc(C=NNc3cccc4cccnc34)o2)c1. The number of para-hydroxylation sites is 1. The van der Waals surface area contributed by atoms with Gasteiger partial charge in [-0.2, -0.15) is 5.10 Å². The van der Waals surface area contributed by atoms with Gasteiger partial charge in [0.1, 0.15) is 11.5 Å². The van der Waals surface area contributed by atoms with Crippen LogP contribution in [0.4, 0.5) is 11.4 Å². The number of furan rings is 1. The molecule has 0 atom stereocenters. The van der Waals surface area contributed by atoms with Gasteiger partial charge in [0, 0.05) is 29.3 Å². The highest BCUT2D eigenvalue weighted by atomic mass is 16.6. The Morgan fingerprint density at radius 1 is 1.07 bits per heavy atom. The first-order valence-electron chi connectivity index (χ1n) is 8.18. The number of fused-ring (bicyclic) bond motifs is 1. The molecule has 132 valence electrons. The quantitative estimate of drug-likeness (QED) is 0.313. The van der Waals surface area contributed by atoms with Crippen LogP contribution >= 0.6 is 0 Å². The predicted molar refractivity (Wildman–Crippen MR) is 104 cm³/mol. The molecule has 7 nitrogen and oxygen atoms in total. The van der Waals surface area contributed by atoms with Gasteiger partial charge in [0.15, 0.2) is 0 Å². The Morgan fingerprint density at radius 2 is 1.93 bits per heavy atom. The van der Waals surface area contributed by atoms with Gasteiger partial charge >= 0.3 is 0 Å². The van der Waals surface area contributed by atoms with Crippen LogP contribution in [0.5, 0.6) is 0 Å². The lowest BCUT2D eigenvalue weighted by Gasteiger charge is -2.03. The molecule has 2 aromatic heterocycles. The van der Waals surface area contributed by atoms with Crippen LogP contribution in [0.15, 0.2) is 82.4 Å². The zero-order valence-corrected chi connectivity index (χ0v) is 14.1. The second kappa shape index (κ2) is 7.09. The lowest BCUT2D eigenvalue weighted by molar-refractivity contribution is -0.384. The number of aromatic nitrogens is 1. The second-order valence-corrected chi connectivity index (χ2v) is 5.76. The number of non-ortho nitro benzene ring substituents is 1. The Morgan fingerprint density at radius 3 is 2.81 bits per heavy atom. The molecule has 2 heterocycles. The van der Waals surface area contributed by atoms with Gasteiger partial charge in [0.25, 0.3) is 5.69 Å². The standard InChI is InChI=1S/C20H14N4O3/c25-24(26)16-7-1-5-15(12-16)19-10-9-17(27-19)13-22-23-18-8-2-4-14-6-3-11-21-20(14)18/h1-13,23H. The first-order valence-corrected chi connectivity index (χ1v) is 8.18. The first kappa shape index (κ1) is 16.5. The van der Waals surface area contributed by atoms with E-state index >= 15 is 0 Å². The Balaban J connectivity index is 1.52. The number of rotatable bonds is 5. The molecule has 0 saturated heterocycles. The molecule has 1 N–H and O–H groups in total. The molecule has 0 bridgehead atoms. The summed E-state index contributed by atoms with van der Waals surface area (Å²) in [7, 11) is 0. The zero-order valence-electron chi connectivity index (χ0n) is 14.1. The van der Waals surface area contributed by atoms with Crippen LogP contribution in [0, 0.1) is 10.1 Å². The van der Waals surface area contributed by atoms with Crippen LogP contribution in [-0.2, 0) is 0 Å². The maximum absolute atomic E-state index is 10.9. The molecule has 27 heavy (non-hydrogen) atoms. The molecule has 2 aromatic carbocycles. The third kappa shape index (κ3) is 3.52. The van der Waals surface area contributed by atoms with E-state index in [9.17, 15) is 10.1 Å². The minimum atomic E-state index is -0.434. The van der Waals surface area contributed by atoms with Gasteiger partial charge in [-0.1, -0.05) is 30.3 Å². The maximum atomic E-state index is 10.9. The minimum Gasteiger partial charge on any atom is -0.455 e. The van der Waals surface area contributed by atoms with E-state index in [-0.39, 0.29) is 5.69 Å². The first-order chi connectivity index (χ1) is 13.2.